The number of hydrogen-bond acceptors (Lipinski definition) is 5. The second-order valence-corrected chi connectivity index (χ2v) is 6.67. The number of carbonyl (C=O) groups is 1. The van der Waals surface area contributed by atoms with E-state index in [1.807, 2.05) is 18.2 Å². The Morgan fingerprint density at radius 3 is 2.37 bits per heavy atom. The van der Waals surface area contributed by atoms with Crippen LogP contribution in [0.4, 0.5) is 30.8 Å². The minimum Gasteiger partial charge on any atom is -0.378 e. The van der Waals surface area contributed by atoms with Crippen LogP contribution in [0.15, 0.2) is 54.6 Å². The molecule has 2 aromatic carbocycles. The minimum atomic E-state index is -1.03. The van der Waals surface area contributed by atoms with Crippen LogP contribution in [0.3, 0.4) is 0 Å². The zero-order valence-electron chi connectivity index (χ0n) is 15.9. The first-order chi connectivity index (χ1) is 14.6. The molecule has 3 aromatic rings. The number of anilines is 3. The highest BCUT2D eigenvalue weighted by Gasteiger charge is 2.13. The molecule has 1 aromatic heterocycles. The van der Waals surface area contributed by atoms with Crippen molar-refractivity contribution in [3.8, 4) is 11.3 Å². The molecule has 0 aliphatic carbocycles. The molecular weight excluding hydrogens is 392 g/mol. The standard InChI is InChI=1S/C21H19F2N5O2/c22-17-5-4-16(13-18(17)23)25-21(29)24-15-3-1-2-14(12-15)19-6-7-20(27-26-19)28-8-10-30-11-9-28/h1-7,12-13H,8-11H2,(H2,24,25,29). The molecule has 1 saturated heterocycles. The van der Waals surface area contributed by atoms with Gasteiger partial charge in [-0.25, -0.2) is 13.6 Å². The molecule has 0 unspecified atom stereocenters. The molecule has 0 saturated carbocycles. The van der Waals surface area contributed by atoms with Crippen LogP contribution in [0.25, 0.3) is 11.3 Å². The largest absolute Gasteiger partial charge is 0.378 e. The van der Waals surface area contributed by atoms with Crippen LogP contribution in [0.1, 0.15) is 0 Å². The number of morpholine rings is 1. The Morgan fingerprint density at radius 2 is 1.67 bits per heavy atom. The lowest BCUT2D eigenvalue weighted by Crippen LogP contribution is -2.36. The van der Waals surface area contributed by atoms with E-state index in [2.05, 4.69) is 25.7 Å². The van der Waals surface area contributed by atoms with Crippen molar-refractivity contribution < 1.29 is 18.3 Å². The van der Waals surface area contributed by atoms with Crippen LogP contribution in [-0.4, -0.2) is 42.5 Å². The first-order valence-electron chi connectivity index (χ1n) is 9.38. The van der Waals surface area contributed by atoms with E-state index in [-0.39, 0.29) is 5.69 Å². The lowest BCUT2D eigenvalue weighted by atomic mass is 10.1. The predicted molar refractivity (Wildman–Crippen MR) is 109 cm³/mol. The SMILES string of the molecule is O=C(Nc1cccc(-c2ccc(N3CCOCC3)nn2)c1)Nc1ccc(F)c(F)c1. The molecule has 1 fully saturated rings. The summed E-state index contributed by atoms with van der Waals surface area (Å²) in [7, 11) is 0. The van der Waals surface area contributed by atoms with Gasteiger partial charge >= 0.3 is 6.03 Å². The molecule has 7 nitrogen and oxygen atoms in total. The van der Waals surface area contributed by atoms with Crippen molar-refractivity contribution >= 4 is 23.2 Å². The summed E-state index contributed by atoms with van der Waals surface area (Å²) in [4.78, 5) is 14.3. The Kier molecular flexibility index (Phi) is 5.80. The number of hydrogen-bond donors (Lipinski definition) is 2. The molecule has 4 rings (SSSR count). The smallest absolute Gasteiger partial charge is 0.323 e. The van der Waals surface area contributed by atoms with Crippen molar-refractivity contribution in [1.82, 2.24) is 10.2 Å². The van der Waals surface area contributed by atoms with Gasteiger partial charge in [-0.05, 0) is 36.4 Å². The monoisotopic (exact) mass is 411 g/mol. The zero-order chi connectivity index (χ0) is 20.9. The van der Waals surface area contributed by atoms with Gasteiger partial charge in [0.25, 0.3) is 0 Å². The molecular formula is C21H19F2N5O2. The normalized spacial score (nSPS) is 13.7. The molecule has 0 spiro atoms. The highest BCUT2D eigenvalue weighted by Crippen LogP contribution is 2.22. The predicted octanol–water partition coefficient (Wildman–Crippen LogP) is 3.90. The average molecular weight is 411 g/mol. The number of rotatable bonds is 4. The van der Waals surface area contributed by atoms with Gasteiger partial charge in [0, 0.05) is 36.1 Å². The minimum absolute atomic E-state index is 0.145. The fourth-order valence-electron chi connectivity index (χ4n) is 3.06. The van der Waals surface area contributed by atoms with Crippen molar-refractivity contribution in [2.75, 3.05) is 41.8 Å². The summed E-state index contributed by atoms with van der Waals surface area (Å²) in [5.41, 5.74) is 2.11. The van der Waals surface area contributed by atoms with Crippen LogP contribution < -0.4 is 15.5 Å². The van der Waals surface area contributed by atoms with Crippen LogP contribution in [0, 0.1) is 11.6 Å². The van der Waals surface area contributed by atoms with E-state index < -0.39 is 17.7 Å². The highest BCUT2D eigenvalue weighted by molar-refractivity contribution is 6.00. The van der Waals surface area contributed by atoms with Crippen molar-refractivity contribution in [2.45, 2.75) is 0 Å². The fourth-order valence-corrected chi connectivity index (χ4v) is 3.06. The Balaban J connectivity index is 1.43. The molecule has 1 aliphatic rings. The van der Waals surface area contributed by atoms with Gasteiger partial charge in [-0.1, -0.05) is 12.1 Å². The van der Waals surface area contributed by atoms with Crippen LogP contribution in [0.5, 0.6) is 0 Å². The summed E-state index contributed by atoms with van der Waals surface area (Å²) >= 11 is 0. The lowest BCUT2D eigenvalue weighted by Gasteiger charge is -2.27. The average Bonchev–Trinajstić information content (AvgIpc) is 2.77. The maximum absolute atomic E-state index is 13.3. The van der Waals surface area contributed by atoms with Gasteiger partial charge in [0.05, 0.1) is 18.9 Å². The van der Waals surface area contributed by atoms with Crippen molar-refractivity contribution in [2.24, 2.45) is 0 Å². The van der Waals surface area contributed by atoms with Crippen molar-refractivity contribution in [3.63, 3.8) is 0 Å². The first-order valence-corrected chi connectivity index (χ1v) is 9.38. The third kappa shape index (κ3) is 4.69. The number of halogens is 2. The van der Waals surface area contributed by atoms with Gasteiger partial charge < -0.3 is 20.3 Å². The second kappa shape index (κ2) is 8.83. The van der Waals surface area contributed by atoms with Gasteiger partial charge in [-0.3, -0.25) is 0 Å². The quantitative estimate of drug-likeness (QED) is 0.681. The van der Waals surface area contributed by atoms with E-state index in [0.717, 1.165) is 36.6 Å². The number of ether oxygens (including phenoxy) is 1. The van der Waals surface area contributed by atoms with Crippen molar-refractivity contribution in [1.29, 1.82) is 0 Å². The van der Waals surface area contributed by atoms with Crippen molar-refractivity contribution in [3.05, 3.63) is 66.2 Å². The van der Waals surface area contributed by atoms with E-state index in [1.165, 1.54) is 6.07 Å². The van der Waals surface area contributed by atoms with Crippen LogP contribution in [0.2, 0.25) is 0 Å². The number of carbonyl (C=O) groups excluding carboxylic acids is 1. The van der Waals surface area contributed by atoms with E-state index in [1.54, 1.807) is 18.2 Å². The Morgan fingerprint density at radius 1 is 0.900 bits per heavy atom. The molecule has 1 aliphatic heterocycles. The number of benzene rings is 2. The molecule has 2 amide bonds. The van der Waals surface area contributed by atoms with Gasteiger partial charge in [0.1, 0.15) is 0 Å². The second-order valence-electron chi connectivity index (χ2n) is 6.67. The maximum Gasteiger partial charge on any atom is 0.323 e. The highest BCUT2D eigenvalue weighted by atomic mass is 19.2. The number of nitrogens with zero attached hydrogens (tertiary/aromatic N) is 3. The number of urea groups is 1. The third-order valence-electron chi connectivity index (χ3n) is 4.58. The zero-order valence-corrected chi connectivity index (χ0v) is 15.9. The van der Waals surface area contributed by atoms with Gasteiger partial charge in [0.15, 0.2) is 17.5 Å². The molecule has 9 heteroatoms. The lowest BCUT2D eigenvalue weighted by molar-refractivity contribution is 0.122. The Labute approximate surface area is 171 Å². The third-order valence-corrected chi connectivity index (χ3v) is 4.58. The Hall–Kier alpha value is -3.59. The van der Waals surface area contributed by atoms with E-state index in [4.69, 9.17) is 4.74 Å². The molecule has 2 N–H and O–H groups in total. The van der Waals surface area contributed by atoms with E-state index in [9.17, 15) is 13.6 Å². The number of amides is 2. The number of nitrogens with one attached hydrogen (secondary N) is 2. The summed E-state index contributed by atoms with van der Waals surface area (Å²) in [6, 6.07) is 13.4. The molecule has 0 atom stereocenters. The first kappa shape index (κ1) is 19.7. The molecule has 154 valence electrons. The summed E-state index contributed by atoms with van der Waals surface area (Å²) in [6.45, 7) is 2.90. The van der Waals surface area contributed by atoms with Gasteiger partial charge in [0.2, 0.25) is 0 Å². The van der Waals surface area contributed by atoms with Gasteiger partial charge in [-0.15, -0.1) is 10.2 Å². The topological polar surface area (TPSA) is 79.4 Å². The molecule has 0 radical (unpaired) electrons. The summed E-state index contributed by atoms with van der Waals surface area (Å²) in [5, 5.41) is 13.7. The van der Waals surface area contributed by atoms with E-state index >= 15 is 0 Å². The Bertz CT molecular complexity index is 1040. The fraction of sp³-hybridized carbons (Fsp3) is 0.190. The van der Waals surface area contributed by atoms with E-state index in [0.29, 0.717) is 24.6 Å². The van der Waals surface area contributed by atoms with Gasteiger partial charge in [-0.2, -0.15) is 0 Å². The van der Waals surface area contributed by atoms with Crippen LogP contribution in [-0.2, 0) is 4.74 Å². The summed E-state index contributed by atoms with van der Waals surface area (Å²) in [6.07, 6.45) is 0. The number of aromatic nitrogens is 2. The molecule has 30 heavy (non-hydrogen) atoms. The maximum atomic E-state index is 13.3. The summed E-state index contributed by atoms with van der Waals surface area (Å²) in [5.74, 6) is -1.22. The van der Waals surface area contributed by atoms with Crippen LogP contribution >= 0.6 is 0 Å². The molecule has 0 bridgehead atoms. The molecule has 2 heterocycles. The summed E-state index contributed by atoms with van der Waals surface area (Å²) < 4.78 is 31.6.